The van der Waals surface area contributed by atoms with Gasteiger partial charge >= 0.3 is 0 Å². The zero-order valence-electron chi connectivity index (χ0n) is 17.2. The second-order valence-electron chi connectivity index (χ2n) is 8.74. The average molecular weight is 412 g/mol. The van der Waals surface area contributed by atoms with Gasteiger partial charge in [-0.15, -0.1) is 0 Å². The normalized spacial score (nSPS) is 25.0. The SMILES string of the molecule is Cc1cc(/C=C/C#N)cc(C)c1Oc1nc(NC23CC(C#N)(C2)C3)nc2c1CNC2=O. The third-order valence-corrected chi connectivity index (χ3v) is 6.29. The number of hydrogen-bond acceptors (Lipinski definition) is 7. The van der Waals surface area contributed by atoms with Gasteiger partial charge in [0, 0.05) is 11.6 Å². The maximum absolute atomic E-state index is 12.3. The summed E-state index contributed by atoms with van der Waals surface area (Å²) in [5.41, 5.74) is 3.30. The van der Waals surface area contributed by atoms with Crippen LogP contribution in [0.4, 0.5) is 5.95 Å². The van der Waals surface area contributed by atoms with Crippen LogP contribution in [0.1, 0.15) is 52.0 Å². The van der Waals surface area contributed by atoms with Crippen molar-refractivity contribution in [1.29, 1.82) is 10.5 Å². The first-order chi connectivity index (χ1) is 14.9. The minimum atomic E-state index is -0.248. The number of anilines is 1. The standard InChI is InChI=1S/C23H20N6O2/c1-13-6-15(4-3-5-24)7-14(2)18(13)31-20-16-8-26-19(30)17(16)27-21(28-20)29-23-9-22(10-23,11-23)12-25/h3-4,6-7H,8-11H2,1-2H3,(H,26,30)(H,27,28,29)/b4-3+. The van der Waals surface area contributed by atoms with E-state index in [9.17, 15) is 10.1 Å². The van der Waals surface area contributed by atoms with Gasteiger partial charge in [0.05, 0.1) is 29.7 Å². The molecule has 3 aliphatic carbocycles. The van der Waals surface area contributed by atoms with Crippen LogP contribution in [-0.2, 0) is 6.54 Å². The summed E-state index contributed by atoms with van der Waals surface area (Å²) < 4.78 is 6.23. The van der Waals surface area contributed by atoms with Crippen LogP contribution >= 0.6 is 0 Å². The van der Waals surface area contributed by atoms with Crippen LogP contribution in [0.25, 0.3) is 6.08 Å². The highest BCUT2D eigenvalue weighted by molar-refractivity contribution is 5.97. The number of hydrogen-bond donors (Lipinski definition) is 2. The number of aromatic nitrogens is 2. The van der Waals surface area contributed by atoms with Crippen LogP contribution in [0.3, 0.4) is 0 Å². The van der Waals surface area contributed by atoms with Gasteiger partial charge in [-0.2, -0.15) is 15.5 Å². The van der Waals surface area contributed by atoms with E-state index in [1.54, 1.807) is 6.08 Å². The number of benzene rings is 1. The van der Waals surface area contributed by atoms with Gasteiger partial charge < -0.3 is 15.4 Å². The summed E-state index contributed by atoms with van der Waals surface area (Å²) >= 11 is 0. The molecule has 1 aromatic heterocycles. The van der Waals surface area contributed by atoms with Gasteiger partial charge in [0.25, 0.3) is 5.91 Å². The molecule has 2 bridgehead atoms. The molecule has 1 aliphatic heterocycles. The maximum Gasteiger partial charge on any atom is 0.270 e. The Bertz CT molecular complexity index is 1210. The number of amides is 1. The van der Waals surface area contributed by atoms with E-state index in [2.05, 4.69) is 26.7 Å². The molecule has 1 amide bonds. The monoisotopic (exact) mass is 412 g/mol. The molecule has 154 valence electrons. The number of ether oxygens (including phenoxy) is 1. The fourth-order valence-electron chi connectivity index (χ4n) is 4.95. The first-order valence-corrected chi connectivity index (χ1v) is 10.1. The van der Waals surface area contributed by atoms with E-state index in [-0.39, 0.29) is 16.9 Å². The maximum atomic E-state index is 12.3. The van der Waals surface area contributed by atoms with Gasteiger partial charge in [-0.3, -0.25) is 4.79 Å². The fraction of sp³-hybridized carbons (Fsp3) is 0.348. The number of carbonyl (C=O) groups is 1. The highest BCUT2D eigenvalue weighted by Gasteiger charge is 2.69. The van der Waals surface area contributed by atoms with Crippen LogP contribution in [0.2, 0.25) is 0 Å². The lowest BCUT2D eigenvalue weighted by Crippen LogP contribution is -2.70. The van der Waals surface area contributed by atoms with E-state index < -0.39 is 0 Å². The van der Waals surface area contributed by atoms with E-state index in [0.29, 0.717) is 35.4 Å². The van der Waals surface area contributed by atoms with Gasteiger partial charge in [0.2, 0.25) is 11.8 Å². The lowest BCUT2D eigenvalue weighted by molar-refractivity contribution is -0.0665. The molecule has 3 fully saturated rings. The van der Waals surface area contributed by atoms with Crippen LogP contribution in [0.5, 0.6) is 11.6 Å². The second-order valence-corrected chi connectivity index (χ2v) is 8.74. The third-order valence-electron chi connectivity index (χ3n) is 6.29. The molecular formula is C23H20N6O2. The summed E-state index contributed by atoms with van der Waals surface area (Å²) in [6.45, 7) is 4.17. The van der Waals surface area contributed by atoms with Crippen molar-refractivity contribution in [2.45, 2.75) is 45.2 Å². The van der Waals surface area contributed by atoms with Gasteiger partial charge in [-0.05, 0) is 68.0 Å². The van der Waals surface area contributed by atoms with E-state index in [0.717, 1.165) is 36.0 Å². The molecule has 0 radical (unpaired) electrons. The van der Waals surface area contributed by atoms with Crippen molar-refractivity contribution in [3.8, 4) is 23.8 Å². The summed E-state index contributed by atoms with van der Waals surface area (Å²) in [6, 6.07) is 8.25. The van der Waals surface area contributed by atoms with Crippen LogP contribution < -0.4 is 15.4 Å². The molecule has 6 rings (SSSR count). The van der Waals surface area contributed by atoms with Gasteiger partial charge in [-0.25, -0.2) is 4.98 Å². The molecule has 2 heterocycles. The van der Waals surface area contributed by atoms with Crippen molar-refractivity contribution in [2.24, 2.45) is 5.41 Å². The molecular weight excluding hydrogens is 392 g/mol. The van der Waals surface area contributed by atoms with Crippen molar-refractivity contribution in [2.75, 3.05) is 5.32 Å². The Labute approximate surface area is 179 Å². The highest BCUT2D eigenvalue weighted by atomic mass is 16.5. The predicted octanol–water partition coefficient (Wildman–Crippen LogP) is 3.52. The van der Waals surface area contributed by atoms with Gasteiger partial charge in [0.15, 0.2) is 0 Å². The van der Waals surface area contributed by atoms with E-state index in [1.165, 1.54) is 6.08 Å². The summed E-state index contributed by atoms with van der Waals surface area (Å²) in [5.74, 6) is 1.11. The Kier molecular flexibility index (Phi) is 4.03. The molecule has 8 heteroatoms. The van der Waals surface area contributed by atoms with Crippen molar-refractivity contribution < 1.29 is 9.53 Å². The Hall–Kier alpha value is -3.91. The number of nitriles is 2. The lowest BCUT2D eigenvalue weighted by Gasteiger charge is -2.66. The zero-order chi connectivity index (χ0) is 21.8. The van der Waals surface area contributed by atoms with E-state index in [1.807, 2.05) is 32.0 Å². The van der Waals surface area contributed by atoms with Gasteiger partial charge in [0.1, 0.15) is 11.4 Å². The number of allylic oxidation sites excluding steroid dienone is 1. The van der Waals surface area contributed by atoms with E-state index >= 15 is 0 Å². The van der Waals surface area contributed by atoms with Crippen LogP contribution in [0, 0.1) is 41.9 Å². The van der Waals surface area contributed by atoms with Crippen molar-refractivity contribution in [3.05, 3.63) is 46.2 Å². The molecule has 2 N–H and O–H groups in total. The third kappa shape index (κ3) is 3.00. The fourth-order valence-corrected chi connectivity index (χ4v) is 4.95. The molecule has 0 atom stereocenters. The minimum Gasteiger partial charge on any atom is -0.438 e. The Morgan fingerprint density at radius 2 is 1.90 bits per heavy atom. The summed E-state index contributed by atoms with van der Waals surface area (Å²) in [6.07, 6.45) is 5.50. The Morgan fingerprint density at radius 3 is 2.55 bits per heavy atom. The molecule has 3 saturated carbocycles. The first-order valence-electron chi connectivity index (χ1n) is 10.1. The molecule has 0 saturated heterocycles. The zero-order valence-corrected chi connectivity index (χ0v) is 17.2. The molecule has 2 aromatic rings. The summed E-state index contributed by atoms with van der Waals surface area (Å²) in [5, 5.41) is 24.1. The quantitative estimate of drug-likeness (QED) is 0.720. The Balaban J connectivity index is 1.47. The highest BCUT2D eigenvalue weighted by Crippen LogP contribution is 2.67. The number of aryl methyl sites for hydroxylation is 2. The molecule has 31 heavy (non-hydrogen) atoms. The van der Waals surface area contributed by atoms with Crippen molar-refractivity contribution >= 4 is 17.9 Å². The Morgan fingerprint density at radius 1 is 1.19 bits per heavy atom. The molecule has 0 spiro atoms. The lowest BCUT2D eigenvalue weighted by atomic mass is 9.40. The number of rotatable bonds is 5. The summed E-state index contributed by atoms with van der Waals surface area (Å²) in [7, 11) is 0. The minimum absolute atomic E-state index is 0.156. The first kappa shape index (κ1) is 19.1. The number of fused-ring (bicyclic) bond motifs is 1. The molecule has 8 nitrogen and oxygen atoms in total. The smallest absolute Gasteiger partial charge is 0.270 e. The molecule has 0 unspecified atom stereocenters. The van der Waals surface area contributed by atoms with Crippen molar-refractivity contribution in [3.63, 3.8) is 0 Å². The van der Waals surface area contributed by atoms with Crippen LogP contribution in [-0.4, -0.2) is 21.4 Å². The molecule has 4 aliphatic rings. The second kappa shape index (κ2) is 6.55. The topological polar surface area (TPSA) is 124 Å². The average Bonchev–Trinajstić information content (AvgIpc) is 3.05. The van der Waals surface area contributed by atoms with Crippen LogP contribution in [0.15, 0.2) is 18.2 Å². The van der Waals surface area contributed by atoms with Crippen molar-refractivity contribution in [1.82, 2.24) is 15.3 Å². The molecule has 1 aromatic carbocycles. The predicted molar refractivity (Wildman–Crippen MR) is 112 cm³/mol. The largest absolute Gasteiger partial charge is 0.438 e. The number of carbonyl (C=O) groups excluding carboxylic acids is 1. The number of nitrogens with zero attached hydrogens (tertiary/aromatic N) is 4. The van der Waals surface area contributed by atoms with Gasteiger partial charge in [-0.1, -0.05) is 0 Å². The van der Waals surface area contributed by atoms with E-state index in [4.69, 9.17) is 10.00 Å². The summed E-state index contributed by atoms with van der Waals surface area (Å²) in [4.78, 5) is 21.3. The number of nitrogens with one attached hydrogen (secondary N) is 2.